The normalized spacial score (nSPS) is 25.8. The van der Waals surface area contributed by atoms with Crippen molar-refractivity contribution in [2.75, 3.05) is 13.2 Å². The van der Waals surface area contributed by atoms with Gasteiger partial charge in [-0.3, -0.25) is 0 Å². The van der Waals surface area contributed by atoms with Gasteiger partial charge in [-0.25, -0.2) is 4.39 Å². The van der Waals surface area contributed by atoms with E-state index in [0.29, 0.717) is 17.8 Å². The van der Waals surface area contributed by atoms with Crippen LogP contribution in [0.4, 0.5) is 4.39 Å². The highest BCUT2D eigenvalue weighted by Gasteiger charge is 2.52. The molecule has 0 saturated carbocycles. The first-order valence-corrected chi connectivity index (χ1v) is 8.18. The van der Waals surface area contributed by atoms with Crippen LogP contribution in [0.1, 0.15) is 40.5 Å². The fraction of sp³-hybridized carbons (Fsp3) is 0.647. The van der Waals surface area contributed by atoms with E-state index in [1.165, 1.54) is 12.1 Å². The molecule has 1 aromatic carbocycles. The van der Waals surface area contributed by atoms with E-state index in [1.807, 2.05) is 27.7 Å². The number of halogens is 1. The Labute approximate surface area is 137 Å². The Hall–Kier alpha value is -1.11. The van der Waals surface area contributed by atoms with Gasteiger partial charge in [0.05, 0.1) is 17.3 Å². The third-order valence-electron chi connectivity index (χ3n) is 4.93. The minimum Gasteiger partial charge on any atom is -0.491 e. The van der Waals surface area contributed by atoms with Crippen molar-refractivity contribution in [2.24, 2.45) is 0 Å². The molecule has 2 heterocycles. The Kier molecular flexibility index (Phi) is 4.42. The molecule has 0 radical (unpaired) electrons. The maximum atomic E-state index is 13.7. The molecule has 6 heteroatoms. The van der Waals surface area contributed by atoms with Gasteiger partial charge in [-0.2, -0.15) is 0 Å². The summed E-state index contributed by atoms with van der Waals surface area (Å²) < 4.78 is 37.2. The van der Waals surface area contributed by atoms with Crippen molar-refractivity contribution in [2.45, 2.75) is 57.8 Å². The van der Waals surface area contributed by atoms with E-state index in [0.717, 1.165) is 19.4 Å². The molecule has 2 fully saturated rings. The molecule has 0 N–H and O–H groups in total. The summed E-state index contributed by atoms with van der Waals surface area (Å²) in [6.07, 6.45) is 2.15. The average Bonchev–Trinajstić information content (AvgIpc) is 3.04. The van der Waals surface area contributed by atoms with Gasteiger partial charge >= 0.3 is 7.12 Å². The van der Waals surface area contributed by atoms with Crippen molar-refractivity contribution in [3.8, 4) is 5.75 Å². The van der Waals surface area contributed by atoms with Crippen molar-refractivity contribution in [3.63, 3.8) is 0 Å². The number of hydrogen-bond acceptors (Lipinski definition) is 4. The molecule has 2 saturated heterocycles. The van der Waals surface area contributed by atoms with Crippen LogP contribution in [0.3, 0.4) is 0 Å². The van der Waals surface area contributed by atoms with Crippen molar-refractivity contribution in [3.05, 3.63) is 24.0 Å². The van der Waals surface area contributed by atoms with Crippen molar-refractivity contribution in [1.29, 1.82) is 0 Å². The van der Waals surface area contributed by atoms with Crippen LogP contribution >= 0.6 is 0 Å². The van der Waals surface area contributed by atoms with Crippen LogP contribution in [0.25, 0.3) is 0 Å². The molecule has 126 valence electrons. The maximum absolute atomic E-state index is 13.7. The topological polar surface area (TPSA) is 36.9 Å². The molecule has 3 rings (SSSR count). The fourth-order valence-corrected chi connectivity index (χ4v) is 2.76. The molecular formula is C17H24BFO4. The molecule has 0 spiro atoms. The third-order valence-corrected chi connectivity index (χ3v) is 4.93. The molecule has 2 aliphatic rings. The quantitative estimate of drug-likeness (QED) is 0.799. The summed E-state index contributed by atoms with van der Waals surface area (Å²) >= 11 is 0. The van der Waals surface area contributed by atoms with Crippen LogP contribution in [-0.2, 0) is 14.0 Å². The molecule has 0 aromatic heterocycles. The maximum Gasteiger partial charge on any atom is 0.498 e. The first-order chi connectivity index (χ1) is 10.8. The van der Waals surface area contributed by atoms with Crippen LogP contribution in [0.5, 0.6) is 5.75 Å². The Morgan fingerprint density at radius 2 is 1.91 bits per heavy atom. The molecule has 1 aromatic rings. The third kappa shape index (κ3) is 3.39. The molecular weight excluding hydrogens is 298 g/mol. The Morgan fingerprint density at radius 3 is 2.52 bits per heavy atom. The van der Waals surface area contributed by atoms with Crippen molar-refractivity contribution in [1.82, 2.24) is 0 Å². The minimum absolute atomic E-state index is 0.103. The highest BCUT2D eigenvalue weighted by molar-refractivity contribution is 6.63. The van der Waals surface area contributed by atoms with E-state index in [4.69, 9.17) is 18.8 Å². The highest BCUT2D eigenvalue weighted by Crippen LogP contribution is 2.37. The lowest BCUT2D eigenvalue weighted by Gasteiger charge is -2.32. The van der Waals surface area contributed by atoms with Crippen LogP contribution in [0, 0.1) is 5.82 Å². The smallest absolute Gasteiger partial charge is 0.491 e. The van der Waals surface area contributed by atoms with E-state index < -0.39 is 18.3 Å². The Balaban J connectivity index is 1.79. The van der Waals surface area contributed by atoms with Crippen LogP contribution in [0.15, 0.2) is 18.2 Å². The van der Waals surface area contributed by atoms with Gasteiger partial charge in [-0.05, 0) is 58.7 Å². The number of ether oxygens (including phenoxy) is 2. The summed E-state index contributed by atoms with van der Waals surface area (Å²) in [5.74, 6) is 0.250. The lowest BCUT2D eigenvalue weighted by atomic mass is 9.78. The Morgan fingerprint density at radius 1 is 1.22 bits per heavy atom. The van der Waals surface area contributed by atoms with Gasteiger partial charge in [0.15, 0.2) is 0 Å². The van der Waals surface area contributed by atoms with E-state index in [2.05, 4.69) is 0 Å². The molecule has 1 unspecified atom stereocenters. The summed E-state index contributed by atoms with van der Waals surface area (Å²) in [6.45, 7) is 9.12. The molecule has 4 nitrogen and oxygen atoms in total. The second kappa shape index (κ2) is 6.08. The monoisotopic (exact) mass is 322 g/mol. The average molecular weight is 322 g/mol. The van der Waals surface area contributed by atoms with Crippen molar-refractivity contribution >= 4 is 12.6 Å². The first kappa shape index (κ1) is 16.7. The zero-order chi connectivity index (χ0) is 16.7. The van der Waals surface area contributed by atoms with Gasteiger partial charge in [0, 0.05) is 12.1 Å². The molecule has 0 bridgehead atoms. The van der Waals surface area contributed by atoms with Gasteiger partial charge in [0.2, 0.25) is 0 Å². The first-order valence-electron chi connectivity index (χ1n) is 8.18. The van der Waals surface area contributed by atoms with Crippen LogP contribution in [-0.4, -0.2) is 37.6 Å². The predicted octanol–water partition coefficient (Wildman–Crippen LogP) is 2.68. The number of hydrogen-bond donors (Lipinski definition) is 0. The zero-order valence-corrected chi connectivity index (χ0v) is 14.2. The van der Waals surface area contributed by atoms with Crippen LogP contribution in [0.2, 0.25) is 0 Å². The lowest BCUT2D eigenvalue weighted by Crippen LogP contribution is -2.41. The van der Waals surface area contributed by atoms with Gasteiger partial charge in [0.25, 0.3) is 0 Å². The fourth-order valence-electron chi connectivity index (χ4n) is 2.76. The summed E-state index contributed by atoms with van der Waals surface area (Å²) in [4.78, 5) is 0. The summed E-state index contributed by atoms with van der Waals surface area (Å²) in [5.41, 5.74) is -0.368. The van der Waals surface area contributed by atoms with Crippen molar-refractivity contribution < 1.29 is 23.2 Å². The second-order valence-electron chi connectivity index (χ2n) is 7.22. The van der Waals surface area contributed by atoms with Gasteiger partial charge < -0.3 is 18.8 Å². The van der Waals surface area contributed by atoms with E-state index in [-0.39, 0.29) is 11.9 Å². The summed E-state index contributed by atoms with van der Waals surface area (Å²) in [7, 11) is -0.643. The molecule has 1 atom stereocenters. The Bertz CT molecular complexity index is 554. The molecule has 0 amide bonds. The minimum atomic E-state index is -0.643. The van der Waals surface area contributed by atoms with Gasteiger partial charge in [-0.15, -0.1) is 0 Å². The van der Waals surface area contributed by atoms with E-state index in [9.17, 15) is 4.39 Å². The molecule has 2 aliphatic heterocycles. The van der Waals surface area contributed by atoms with E-state index in [1.54, 1.807) is 6.07 Å². The van der Waals surface area contributed by atoms with Gasteiger partial charge in [0.1, 0.15) is 18.2 Å². The lowest BCUT2D eigenvalue weighted by molar-refractivity contribution is 0.00578. The van der Waals surface area contributed by atoms with Crippen LogP contribution < -0.4 is 10.2 Å². The SMILES string of the molecule is CC1(C)OB(c2cc(F)ccc2OCC2CCCO2)OC1(C)C. The van der Waals surface area contributed by atoms with Gasteiger partial charge in [-0.1, -0.05) is 0 Å². The van der Waals surface area contributed by atoms with E-state index >= 15 is 0 Å². The zero-order valence-electron chi connectivity index (χ0n) is 14.2. The molecule has 0 aliphatic carbocycles. The second-order valence-corrected chi connectivity index (χ2v) is 7.22. The predicted molar refractivity (Wildman–Crippen MR) is 86.6 cm³/mol. The summed E-state index contributed by atoms with van der Waals surface area (Å²) in [6, 6.07) is 4.44. The largest absolute Gasteiger partial charge is 0.498 e. The number of benzene rings is 1. The number of rotatable bonds is 4. The molecule has 23 heavy (non-hydrogen) atoms. The summed E-state index contributed by atoms with van der Waals surface area (Å²) in [5, 5.41) is 0. The highest BCUT2D eigenvalue weighted by atomic mass is 19.1. The standard InChI is InChI=1S/C17H24BFO4/c1-16(2)17(3,4)23-18(22-16)14-10-12(19)7-8-15(14)21-11-13-6-5-9-20-13/h7-8,10,13H,5-6,9,11H2,1-4H3.